The quantitative estimate of drug-likeness (QED) is 0.0129. The van der Waals surface area contributed by atoms with Crippen LogP contribution in [0.25, 0.3) is 0 Å². The van der Waals surface area contributed by atoms with Crippen LogP contribution in [0.5, 0.6) is 0 Å². The Bertz CT molecular complexity index is 4900. The summed E-state index contributed by atoms with van der Waals surface area (Å²) in [6, 6.07) is 40.5. The van der Waals surface area contributed by atoms with Gasteiger partial charge in [-0.25, -0.2) is 18.4 Å². The van der Waals surface area contributed by atoms with Gasteiger partial charge in [0.15, 0.2) is 6.10 Å². The van der Waals surface area contributed by atoms with Crippen LogP contribution in [0, 0.1) is 39.3 Å². The van der Waals surface area contributed by atoms with Crippen LogP contribution in [0.3, 0.4) is 0 Å². The Morgan fingerprint density at radius 1 is 0.579 bits per heavy atom. The van der Waals surface area contributed by atoms with Gasteiger partial charge in [-0.15, -0.1) is 10.1 Å². The molecule has 14 rings (SSSR count). The molecule has 670 valence electrons. The van der Waals surface area contributed by atoms with Gasteiger partial charge in [0, 0.05) is 57.8 Å². The Balaban J connectivity index is -0.00000138. The number of nitrogen functional groups attached to an aromatic ring is 1. The average Bonchev–Trinajstić information content (AvgIpc) is 1.67. The first-order chi connectivity index (χ1) is 55.7. The molecular weight excluding hydrogens is 1960 g/mol. The van der Waals surface area contributed by atoms with Crippen LogP contribution in [-0.2, 0) is 82.9 Å². The van der Waals surface area contributed by atoms with E-state index in [9.17, 15) is 94.9 Å². The molecule has 1 unspecified atom stereocenters. The summed E-state index contributed by atoms with van der Waals surface area (Å²) in [6.45, 7) is 21.0. The summed E-state index contributed by atoms with van der Waals surface area (Å²) >= 11 is 11.5. The molecule has 6 aliphatic heterocycles. The van der Waals surface area contributed by atoms with Crippen LogP contribution in [0.4, 0.5) is 52.2 Å². The number of methoxy groups -OCH3 is 1. The van der Waals surface area contributed by atoms with Crippen LogP contribution < -0.4 is 158 Å². The molecular formula is C80H92B4Br3ClF8K2MgN4O23. The van der Waals surface area contributed by atoms with Crippen molar-refractivity contribution in [3.63, 3.8) is 0 Å². The zero-order valence-corrected chi connectivity index (χ0v) is 83.4. The van der Waals surface area contributed by atoms with Gasteiger partial charge in [0.2, 0.25) is 0 Å². The number of carbonyl (C=O) groups is 4. The predicted molar refractivity (Wildman–Crippen MR) is 453 cm³/mol. The molecule has 6 heterocycles. The summed E-state index contributed by atoms with van der Waals surface area (Å²) in [5, 5.41) is 83.0. The van der Waals surface area contributed by atoms with Gasteiger partial charge in [0.05, 0.1) is 62.3 Å². The molecule has 0 aromatic heterocycles. The van der Waals surface area contributed by atoms with E-state index >= 15 is 0 Å². The third kappa shape index (κ3) is 37.4. The van der Waals surface area contributed by atoms with E-state index in [1.807, 2.05) is 108 Å². The number of aliphatic hydroxyl groups is 1. The van der Waals surface area contributed by atoms with E-state index in [1.165, 1.54) is 44.2 Å². The van der Waals surface area contributed by atoms with Gasteiger partial charge in [-0.2, -0.15) is 26.3 Å². The van der Waals surface area contributed by atoms with Crippen molar-refractivity contribution in [3.05, 3.63) is 268 Å². The molecule has 0 saturated carbocycles. The van der Waals surface area contributed by atoms with Crippen molar-refractivity contribution in [1.29, 1.82) is 0 Å². The first kappa shape index (κ1) is 123. The Labute approximate surface area is 860 Å². The molecule has 1 amide bonds. The van der Waals surface area contributed by atoms with Gasteiger partial charge >= 0.3 is 179 Å². The van der Waals surface area contributed by atoms with Crippen LogP contribution in [0.15, 0.2) is 173 Å². The van der Waals surface area contributed by atoms with Crippen LogP contribution in [0.1, 0.15) is 174 Å². The number of nitro benzene ring substituents is 1. The smallest absolute Gasteiger partial charge is 1.00 e. The van der Waals surface area contributed by atoms with Crippen molar-refractivity contribution >= 4 is 157 Å². The number of nitrogens with zero attached hydrogens (tertiary/aromatic N) is 2. The molecule has 0 radical (unpaired) electrons. The second kappa shape index (κ2) is 55.0. The fourth-order valence-electron chi connectivity index (χ4n) is 12.1. The number of fused-ring (bicyclic) bond motifs is 4. The number of ether oxygens (including phenoxy) is 3. The van der Waals surface area contributed by atoms with E-state index in [0.29, 0.717) is 46.8 Å². The van der Waals surface area contributed by atoms with Crippen LogP contribution >= 0.6 is 43.5 Å². The van der Waals surface area contributed by atoms with Crippen molar-refractivity contribution in [1.82, 2.24) is 0 Å². The monoisotopic (exact) mass is 2050 g/mol. The number of rotatable bonds is 7. The molecule has 2 fully saturated rings. The number of hydrogen-bond acceptors (Lipinski definition) is 23. The van der Waals surface area contributed by atoms with Gasteiger partial charge in [-0.3, -0.25) is 19.7 Å². The summed E-state index contributed by atoms with van der Waals surface area (Å²) in [4.78, 5) is 65.8. The number of benzene rings is 8. The first-order valence-corrected chi connectivity index (χ1v) is 37.9. The molecule has 2 saturated heterocycles. The molecule has 8 aromatic rings. The number of nitrogens with two attached hydrogens (primary N) is 1. The number of hydrogen-bond donors (Lipinski definition) is 8. The number of non-ortho nitro benzene ring substituents is 1. The van der Waals surface area contributed by atoms with Gasteiger partial charge in [-0.1, -0.05) is 90.1 Å². The third-order valence-corrected chi connectivity index (χ3v) is 19.4. The minimum Gasteiger partial charge on any atom is -1.00 e. The SMILES string of the molecule is C.C1CCOC1.CC(C)(O)c1ccccc1Br.CC1(C)OB(O)c2cc(N)ccc21.CC1(C)OB(O)c2cc(NC(=O)c3ccc(F)cc3C(F)(F)F)ccc21.CC1(C)OB(O)c2cc([N+](=O)[O-])ccc21.CC1(C)OB(O)c2ccccc21.COC(=O)c1ccccc1Br.O=C(Cl)c1ccc(F)cc1C(F)(F)F.O=C(O[O-])C1CCCO1.O=[N+]([O-])O.[Br-].[CH3-].[H-].[K+].[K+].[Mg+2]. The number of carbonyl (C=O) groups excluding carboxylic acids is 4. The molecule has 1 atom stereocenters. The second-order valence-electron chi connectivity index (χ2n) is 28.8. The summed E-state index contributed by atoms with van der Waals surface area (Å²) in [5.41, 5.74) is 7.03. The molecule has 9 N–H and O–H groups in total. The number of halogens is 12. The Hall–Kier alpha value is -4.77. The van der Waals surface area contributed by atoms with Crippen molar-refractivity contribution in [2.24, 2.45) is 0 Å². The number of amides is 1. The molecule has 27 nitrogen and oxygen atoms in total. The minimum atomic E-state index is -4.87. The average molecular weight is 2050 g/mol. The maximum atomic E-state index is 13.2. The largest absolute Gasteiger partial charge is 2.00 e. The van der Waals surface area contributed by atoms with Crippen molar-refractivity contribution in [2.75, 3.05) is 38.0 Å². The second-order valence-corrected chi connectivity index (χ2v) is 30.8. The Morgan fingerprint density at radius 2 is 0.984 bits per heavy atom. The van der Waals surface area contributed by atoms with Crippen molar-refractivity contribution in [3.8, 4) is 0 Å². The first-order valence-electron chi connectivity index (χ1n) is 36.0. The number of alkyl halides is 6. The molecule has 126 heavy (non-hydrogen) atoms. The zero-order chi connectivity index (χ0) is 90.4. The third-order valence-electron chi connectivity index (χ3n) is 17.8. The van der Waals surface area contributed by atoms with E-state index in [-0.39, 0.29) is 194 Å². The fourth-order valence-corrected chi connectivity index (χ4v) is 13.5. The van der Waals surface area contributed by atoms with E-state index in [1.54, 1.807) is 64.1 Å². The van der Waals surface area contributed by atoms with E-state index in [2.05, 4.69) is 46.8 Å². The van der Waals surface area contributed by atoms with Gasteiger partial charge in [-0.05, 0) is 257 Å². The standard InChI is InChI=1S/C17H14BF4NO3.C9H10BNO4.C9H12BNO2.C9H11BO2.C9H11BrO.C8H7BrO2.C8H3ClF4O.C5H8O4.C4H8O.CH4.CH3.BrH.2K.Mg.HNO3.H/c1-16(2)12-6-4-10(8-14(12)18(25)26-16)23-15(24)11-5-3-9(19)7-13(11)17(20,21)22;1-9(2)7-4-3-6(11(13)14)5-8(7)10(12)15-9;1-9(2)7-4-3-6(11)5-8(7)10(12)13-9;1-9(2)7-5-3-4-6-8(7)10(11)12-9;1-9(2,11)7-5-3-4-6-8(7)10;1-11-8(10)6-4-2-3-5-7(6)9;9-7(14)5-2-1-4(10)3-6(5)8(11,12)13;6-5(9-7)4-2-1-3-8-4;1-2-4-5-3-1;;;;;;;2-1(3)4;/h3-8,25H,1-2H3,(H,23,24);3-5,12H,1-2H3;3-5,12H,11H2,1-2H3;3-6,11H,1-2H3;3-6,11H,1-2H3;2-5H,1H3;1-3H;4,7H,1-3H2;1-4H2;1H4;1H3;1H;;;;(H,2,3,4);/q;;;;;;;;;;-1;;2*+1;+2;;-1/p-2. The normalized spacial score (nSPS) is 15.3. The molecule has 0 bridgehead atoms. The fraction of sp³-hybridized carbons (Fsp3) is 0.338. The van der Waals surface area contributed by atoms with Crippen molar-refractivity contribution in [2.45, 2.75) is 149 Å². The van der Waals surface area contributed by atoms with E-state index < -0.39 is 130 Å². The molecule has 6 aliphatic rings. The molecule has 8 aromatic carbocycles. The number of nitro groups is 1. The number of nitrogens with one attached hydrogen (secondary N) is 1. The maximum absolute atomic E-state index is 13.2. The van der Waals surface area contributed by atoms with Crippen LogP contribution in [-0.4, -0.2) is 148 Å². The molecule has 0 spiro atoms. The topological polar surface area (TPSA) is 411 Å². The maximum Gasteiger partial charge on any atom is 2.00 e. The van der Waals surface area contributed by atoms with E-state index in [0.717, 1.165) is 80.0 Å². The number of esters is 1. The zero-order valence-electron chi connectivity index (χ0n) is 71.3. The minimum absolute atomic E-state index is 0. The van der Waals surface area contributed by atoms with Gasteiger partial charge < -0.3 is 110 Å². The number of anilines is 2. The molecule has 46 heteroatoms. The van der Waals surface area contributed by atoms with Crippen LogP contribution in [0.2, 0.25) is 0 Å². The summed E-state index contributed by atoms with van der Waals surface area (Å²) < 4.78 is 139. The van der Waals surface area contributed by atoms with Gasteiger partial charge in [0.1, 0.15) is 11.6 Å². The Morgan fingerprint density at radius 3 is 1.38 bits per heavy atom. The summed E-state index contributed by atoms with van der Waals surface area (Å²) in [6.07, 6.45) is -6.26. The summed E-state index contributed by atoms with van der Waals surface area (Å²) in [7, 11) is -2.50. The molecule has 0 aliphatic carbocycles. The Kier molecular flexibility index (Phi) is 53.8. The summed E-state index contributed by atoms with van der Waals surface area (Å²) in [5.74, 6) is -4.32. The van der Waals surface area contributed by atoms with Crippen molar-refractivity contribution < 1.29 is 259 Å². The van der Waals surface area contributed by atoms with Gasteiger partial charge in [0.25, 0.3) is 21.9 Å². The predicted octanol–water partition coefficient (Wildman–Crippen LogP) is 3.86. The van der Waals surface area contributed by atoms with E-state index in [4.69, 9.17) is 60.7 Å².